The molecule has 34 heavy (non-hydrogen) atoms. The van der Waals surface area contributed by atoms with Gasteiger partial charge in [0.1, 0.15) is 16.5 Å². The average Bonchev–Trinajstić information content (AvgIpc) is 2.80. The van der Waals surface area contributed by atoms with E-state index < -0.39 is 32.5 Å². The first-order chi connectivity index (χ1) is 16.2. The largest absolute Gasteiger partial charge is 0.367 e. The zero-order valence-corrected chi connectivity index (χ0v) is 20.3. The summed E-state index contributed by atoms with van der Waals surface area (Å²) in [6.45, 7) is 4.63. The van der Waals surface area contributed by atoms with Crippen LogP contribution in [-0.4, -0.2) is 53.9 Å². The smallest absolute Gasteiger partial charge is 0.287 e. The molecule has 0 saturated carbocycles. The Balaban J connectivity index is 1.73. The van der Waals surface area contributed by atoms with Crippen molar-refractivity contribution >= 4 is 27.5 Å². The van der Waals surface area contributed by atoms with Crippen molar-refractivity contribution in [2.75, 3.05) is 31.1 Å². The van der Waals surface area contributed by atoms with E-state index in [9.17, 15) is 22.0 Å². The van der Waals surface area contributed by atoms with E-state index >= 15 is 0 Å². The molecule has 0 N–H and O–H groups in total. The molecule has 3 aromatic rings. The van der Waals surface area contributed by atoms with Crippen LogP contribution in [0, 0.1) is 11.6 Å². The lowest BCUT2D eigenvalue weighted by atomic mass is 10.3. The fourth-order valence-electron chi connectivity index (χ4n) is 3.68. The van der Waals surface area contributed by atoms with Crippen molar-refractivity contribution in [3.05, 3.63) is 76.7 Å². The van der Waals surface area contributed by atoms with Gasteiger partial charge >= 0.3 is 0 Å². The molecule has 1 aliphatic heterocycles. The number of nitrogens with zero attached hydrogens (tertiary/aromatic N) is 4. The van der Waals surface area contributed by atoms with Crippen molar-refractivity contribution in [2.24, 2.45) is 0 Å². The molecular formula is C23H24F2N4O3S2. The molecule has 1 aliphatic rings. The molecule has 0 spiro atoms. The van der Waals surface area contributed by atoms with E-state index in [1.54, 1.807) is 13.8 Å². The second-order valence-electron chi connectivity index (χ2n) is 8.10. The molecule has 0 unspecified atom stereocenters. The van der Waals surface area contributed by atoms with Gasteiger partial charge in [-0.1, -0.05) is 30.0 Å². The molecule has 0 amide bonds. The van der Waals surface area contributed by atoms with E-state index in [4.69, 9.17) is 0 Å². The Hall–Kier alpha value is -2.76. The number of halogens is 2. The molecule has 0 bridgehead atoms. The summed E-state index contributed by atoms with van der Waals surface area (Å²) in [4.78, 5) is 16.5. The number of sulfonamides is 1. The zero-order valence-electron chi connectivity index (χ0n) is 18.7. The molecule has 1 fully saturated rings. The van der Waals surface area contributed by atoms with Crippen molar-refractivity contribution in [1.82, 2.24) is 14.1 Å². The highest BCUT2D eigenvalue weighted by molar-refractivity contribution is 7.99. The van der Waals surface area contributed by atoms with Crippen LogP contribution in [0.4, 0.5) is 14.5 Å². The number of hydrogen-bond donors (Lipinski definition) is 0. The van der Waals surface area contributed by atoms with Gasteiger partial charge in [0.05, 0.1) is 22.8 Å². The predicted molar refractivity (Wildman–Crippen MR) is 128 cm³/mol. The Labute approximate surface area is 201 Å². The number of piperazine rings is 1. The third-order valence-corrected chi connectivity index (χ3v) is 8.88. The minimum Gasteiger partial charge on any atom is -0.367 e. The molecule has 0 radical (unpaired) electrons. The molecule has 11 heteroatoms. The van der Waals surface area contributed by atoms with Crippen molar-refractivity contribution < 1.29 is 17.2 Å². The van der Waals surface area contributed by atoms with E-state index in [0.717, 1.165) is 27.8 Å². The summed E-state index contributed by atoms with van der Waals surface area (Å²) in [5.41, 5.74) is 0.0129. The van der Waals surface area contributed by atoms with Gasteiger partial charge in [-0.2, -0.15) is 14.1 Å². The summed E-state index contributed by atoms with van der Waals surface area (Å²) in [6, 6.07) is 12.1. The minimum atomic E-state index is -3.37. The summed E-state index contributed by atoms with van der Waals surface area (Å²) in [5, 5.41) is 3.67. The van der Waals surface area contributed by atoms with Crippen LogP contribution in [-0.2, 0) is 10.0 Å². The molecule has 0 aliphatic carbocycles. The fourth-order valence-corrected chi connectivity index (χ4v) is 5.94. The number of hydrogen-bond acceptors (Lipinski definition) is 6. The highest BCUT2D eigenvalue weighted by Gasteiger charge is 2.31. The summed E-state index contributed by atoms with van der Waals surface area (Å²) >= 11 is 1.23. The molecule has 180 valence electrons. The molecule has 2 heterocycles. The Morgan fingerprint density at radius 2 is 1.59 bits per heavy atom. The van der Waals surface area contributed by atoms with E-state index in [-0.39, 0.29) is 18.8 Å². The number of rotatable bonds is 6. The predicted octanol–water partition coefficient (Wildman–Crippen LogP) is 3.52. The monoisotopic (exact) mass is 506 g/mol. The van der Waals surface area contributed by atoms with Crippen LogP contribution in [0.2, 0.25) is 0 Å². The number of benzene rings is 2. The summed E-state index contributed by atoms with van der Waals surface area (Å²) in [5.74, 6) is -1.62. The minimum absolute atomic E-state index is 0.0168. The highest BCUT2D eigenvalue weighted by Crippen LogP contribution is 2.33. The summed E-state index contributed by atoms with van der Waals surface area (Å²) < 4.78 is 55.1. The maximum absolute atomic E-state index is 13.8. The standard InChI is InChI=1S/C23H24F2N4O3S2/c1-16(2)34(31,32)28-10-8-27(9-11-28)21-15-26-29(19-13-17(24)12-18(25)14-19)23(30)22(21)33-20-6-4-3-5-7-20/h3-7,12-16H,8-11H2,1-2H3. The van der Waals surface area contributed by atoms with Crippen LogP contribution in [0.1, 0.15) is 13.8 Å². The lowest BCUT2D eigenvalue weighted by Gasteiger charge is -2.36. The van der Waals surface area contributed by atoms with E-state index in [2.05, 4.69) is 5.10 Å². The Morgan fingerprint density at radius 1 is 0.971 bits per heavy atom. The molecule has 7 nitrogen and oxygen atoms in total. The normalized spacial score (nSPS) is 15.1. The maximum atomic E-state index is 13.8. The van der Waals surface area contributed by atoms with Crippen LogP contribution < -0.4 is 10.5 Å². The van der Waals surface area contributed by atoms with Crippen molar-refractivity contribution in [2.45, 2.75) is 28.9 Å². The molecule has 4 rings (SSSR count). The van der Waals surface area contributed by atoms with E-state index in [1.807, 2.05) is 35.2 Å². The first-order valence-electron chi connectivity index (χ1n) is 10.7. The van der Waals surface area contributed by atoms with Gasteiger partial charge < -0.3 is 4.90 Å². The second-order valence-corrected chi connectivity index (χ2v) is 11.7. The van der Waals surface area contributed by atoms with Crippen LogP contribution in [0.15, 0.2) is 69.3 Å². The molecule has 0 atom stereocenters. The molecule has 2 aromatic carbocycles. The van der Waals surface area contributed by atoms with Gasteiger partial charge in [-0.3, -0.25) is 4.79 Å². The van der Waals surface area contributed by atoms with Crippen LogP contribution >= 0.6 is 11.8 Å². The van der Waals surface area contributed by atoms with Crippen molar-refractivity contribution in [1.29, 1.82) is 0 Å². The second kappa shape index (κ2) is 9.85. The van der Waals surface area contributed by atoms with Gasteiger partial charge in [0.2, 0.25) is 10.0 Å². The number of anilines is 1. The average molecular weight is 507 g/mol. The third kappa shape index (κ3) is 5.01. The fraction of sp³-hybridized carbons (Fsp3) is 0.304. The van der Waals surface area contributed by atoms with Gasteiger partial charge in [-0.15, -0.1) is 0 Å². The Morgan fingerprint density at radius 3 is 2.18 bits per heavy atom. The van der Waals surface area contributed by atoms with Gasteiger partial charge in [-0.05, 0) is 38.1 Å². The SMILES string of the molecule is CC(C)S(=O)(=O)N1CCN(c2cnn(-c3cc(F)cc(F)c3)c(=O)c2Sc2ccccc2)CC1. The van der Waals surface area contributed by atoms with Crippen LogP contribution in [0.25, 0.3) is 5.69 Å². The number of aromatic nitrogens is 2. The van der Waals surface area contributed by atoms with Gasteiger partial charge in [-0.25, -0.2) is 17.2 Å². The van der Waals surface area contributed by atoms with Crippen LogP contribution in [0.3, 0.4) is 0 Å². The van der Waals surface area contributed by atoms with Crippen molar-refractivity contribution in [3.63, 3.8) is 0 Å². The molecule has 1 aromatic heterocycles. The highest BCUT2D eigenvalue weighted by atomic mass is 32.2. The maximum Gasteiger partial charge on any atom is 0.287 e. The first kappa shape index (κ1) is 24.4. The summed E-state index contributed by atoms with van der Waals surface area (Å²) in [7, 11) is -3.37. The lowest BCUT2D eigenvalue weighted by molar-refractivity contribution is 0.380. The van der Waals surface area contributed by atoms with Crippen LogP contribution in [0.5, 0.6) is 0 Å². The van der Waals surface area contributed by atoms with Crippen molar-refractivity contribution in [3.8, 4) is 5.69 Å². The topological polar surface area (TPSA) is 75.5 Å². The Kier molecular flexibility index (Phi) is 7.06. The lowest BCUT2D eigenvalue weighted by Crippen LogP contribution is -2.50. The zero-order chi connectivity index (χ0) is 24.5. The van der Waals surface area contributed by atoms with Gasteiger partial charge in [0.15, 0.2) is 0 Å². The Bertz CT molecular complexity index is 1320. The molecule has 1 saturated heterocycles. The van der Waals surface area contributed by atoms with E-state index in [0.29, 0.717) is 23.7 Å². The van der Waals surface area contributed by atoms with Gasteiger partial charge in [0.25, 0.3) is 5.56 Å². The van der Waals surface area contributed by atoms with E-state index in [1.165, 1.54) is 22.3 Å². The van der Waals surface area contributed by atoms with Gasteiger partial charge in [0, 0.05) is 37.1 Å². The quantitative estimate of drug-likeness (QED) is 0.509. The third-order valence-electron chi connectivity index (χ3n) is 5.50. The molecular weight excluding hydrogens is 482 g/mol. The first-order valence-corrected chi connectivity index (χ1v) is 13.0. The summed E-state index contributed by atoms with van der Waals surface area (Å²) in [6.07, 6.45) is 1.49.